The average Bonchev–Trinajstić information content (AvgIpc) is 2.54. The van der Waals surface area contributed by atoms with Gasteiger partial charge in [0.2, 0.25) is 10.0 Å². The molecule has 0 aromatic heterocycles. The van der Waals surface area contributed by atoms with Crippen molar-refractivity contribution in [2.24, 2.45) is 5.92 Å². The number of benzene rings is 1. The summed E-state index contributed by atoms with van der Waals surface area (Å²) < 4.78 is 32.6. The fourth-order valence-corrected chi connectivity index (χ4v) is 3.86. The van der Waals surface area contributed by atoms with E-state index >= 15 is 0 Å². The van der Waals surface area contributed by atoms with Crippen LogP contribution in [0.1, 0.15) is 38.7 Å². The molecule has 1 aliphatic rings. The highest BCUT2D eigenvalue weighted by Crippen LogP contribution is 2.22. The summed E-state index contributed by atoms with van der Waals surface area (Å²) in [6.45, 7) is 8.21. The third-order valence-electron chi connectivity index (χ3n) is 4.68. The molecule has 2 atom stereocenters. The van der Waals surface area contributed by atoms with Crippen LogP contribution in [0.2, 0.25) is 0 Å². The van der Waals surface area contributed by atoms with Gasteiger partial charge in [-0.15, -0.1) is 0 Å². The monoisotopic (exact) mass is 354 g/mol. The molecule has 1 aromatic rings. The van der Waals surface area contributed by atoms with Crippen molar-refractivity contribution < 1.29 is 13.2 Å². The Morgan fingerprint density at radius 3 is 2.54 bits per heavy atom. The van der Waals surface area contributed by atoms with Gasteiger partial charge in [-0.05, 0) is 50.6 Å². The van der Waals surface area contributed by atoms with Crippen molar-refractivity contribution >= 4 is 10.0 Å². The van der Waals surface area contributed by atoms with Crippen LogP contribution in [0.15, 0.2) is 24.3 Å². The zero-order valence-electron chi connectivity index (χ0n) is 15.2. The van der Waals surface area contributed by atoms with Gasteiger partial charge >= 0.3 is 0 Å². The van der Waals surface area contributed by atoms with Gasteiger partial charge in [0.1, 0.15) is 5.75 Å². The summed E-state index contributed by atoms with van der Waals surface area (Å²) in [4.78, 5) is 2.16. The molecule has 0 radical (unpaired) electrons. The van der Waals surface area contributed by atoms with Crippen molar-refractivity contribution in [2.75, 3.05) is 32.5 Å². The highest BCUT2D eigenvalue weighted by Gasteiger charge is 2.31. The Balaban J connectivity index is 1.97. The van der Waals surface area contributed by atoms with Crippen molar-refractivity contribution in [3.8, 4) is 5.75 Å². The molecule has 6 heteroatoms. The summed E-state index contributed by atoms with van der Waals surface area (Å²) in [5.41, 5.74) is 1.29. The van der Waals surface area contributed by atoms with Crippen molar-refractivity contribution in [3.63, 3.8) is 0 Å². The number of hydrogen-bond donors (Lipinski definition) is 1. The molecule has 1 N–H and O–H groups in total. The molecule has 1 aromatic carbocycles. The molecule has 0 bridgehead atoms. The number of likely N-dealkylation sites (tertiary alicyclic amines) is 1. The molecule has 136 valence electrons. The lowest BCUT2D eigenvalue weighted by Gasteiger charge is -2.36. The molecule has 1 heterocycles. The van der Waals surface area contributed by atoms with Crippen LogP contribution in [0.25, 0.3) is 0 Å². The second-order valence-electron chi connectivity index (χ2n) is 6.97. The van der Waals surface area contributed by atoms with Crippen LogP contribution in [0.4, 0.5) is 0 Å². The largest absolute Gasteiger partial charge is 0.493 e. The van der Waals surface area contributed by atoms with E-state index in [1.807, 2.05) is 19.2 Å². The molecule has 1 saturated heterocycles. The summed E-state index contributed by atoms with van der Waals surface area (Å²) in [5, 5.41) is 0. The molecule has 5 nitrogen and oxygen atoms in total. The number of piperidine rings is 1. The smallest absolute Gasteiger partial charge is 0.211 e. The maximum Gasteiger partial charge on any atom is 0.211 e. The second-order valence-corrected chi connectivity index (χ2v) is 9.02. The first-order valence-electron chi connectivity index (χ1n) is 8.72. The number of ether oxygens (including phenoxy) is 1. The lowest BCUT2D eigenvalue weighted by Crippen LogP contribution is -2.53. The molecule has 0 spiro atoms. The highest BCUT2D eigenvalue weighted by atomic mass is 32.2. The van der Waals surface area contributed by atoms with E-state index in [2.05, 4.69) is 35.6 Å². The van der Waals surface area contributed by atoms with Crippen molar-refractivity contribution in [2.45, 2.75) is 39.2 Å². The Kier molecular flexibility index (Phi) is 6.66. The first-order chi connectivity index (χ1) is 11.3. The summed E-state index contributed by atoms with van der Waals surface area (Å²) in [7, 11) is -1.18. The molecule has 2 unspecified atom stereocenters. The predicted octanol–water partition coefficient (Wildman–Crippen LogP) is 2.45. The van der Waals surface area contributed by atoms with E-state index in [0.717, 1.165) is 25.3 Å². The summed E-state index contributed by atoms with van der Waals surface area (Å²) >= 11 is 0. The zero-order valence-corrected chi connectivity index (χ0v) is 16.0. The van der Waals surface area contributed by atoms with Crippen LogP contribution in [0.3, 0.4) is 0 Å². The first kappa shape index (κ1) is 19.2. The second kappa shape index (κ2) is 8.32. The number of nitrogens with zero attached hydrogens (tertiary/aromatic N) is 1. The van der Waals surface area contributed by atoms with Gasteiger partial charge < -0.3 is 9.64 Å². The van der Waals surface area contributed by atoms with Gasteiger partial charge in [0.15, 0.2) is 0 Å². The zero-order chi connectivity index (χ0) is 17.7. The summed E-state index contributed by atoms with van der Waals surface area (Å²) in [6.07, 6.45) is 0.928. The Hall–Kier alpha value is -1.11. The topological polar surface area (TPSA) is 58.6 Å². The average molecular weight is 355 g/mol. The summed E-state index contributed by atoms with van der Waals surface area (Å²) in [6, 6.07) is 8.08. The Labute approximate surface area is 146 Å². The Morgan fingerprint density at radius 1 is 1.29 bits per heavy atom. The maximum atomic E-state index is 11.9. The van der Waals surface area contributed by atoms with E-state index in [4.69, 9.17) is 4.74 Å². The van der Waals surface area contributed by atoms with E-state index in [1.54, 1.807) is 6.92 Å². The molecular formula is C18H30N2O3S. The van der Waals surface area contributed by atoms with Crippen molar-refractivity contribution in [3.05, 3.63) is 29.8 Å². The SMILES string of the molecule is CCS(=O)(=O)NC1CN(C)CCC1COc1ccc(C(C)C)cc1. The lowest BCUT2D eigenvalue weighted by atomic mass is 9.93. The van der Waals surface area contributed by atoms with Gasteiger partial charge in [-0.1, -0.05) is 26.0 Å². The van der Waals surface area contributed by atoms with E-state index < -0.39 is 10.0 Å². The van der Waals surface area contributed by atoms with E-state index in [0.29, 0.717) is 12.5 Å². The molecule has 1 fully saturated rings. The summed E-state index contributed by atoms with van der Waals surface area (Å²) in [5.74, 6) is 1.64. The number of hydrogen-bond acceptors (Lipinski definition) is 4. The van der Waals surface area contributed by atoms with Gasteiger partial charge in [-0.3, -0.25) is 0 Å². The van der Waals surface area contributed by atoms with Crippen LogP contribution in [0, 0.1) is 5.92 Å². The van der Waals surface area contributed by atoms with Crippen LogP contribution in [-0.2, 0) is 10.0 Å². The molecule has 1 aliphatic heterocycles. The standard InChI is InChI=1S/C18H30N2O3S/c1-5-24(21,22)19-18-12-20(4)11-10-16(18)13-23-17-8-6-15(7-9-17)14(2)3/h6-9,14,16,18-19H,5,10-13H2,1-4H3. The van der Waals surface area contributed by atoms with Crippen LogP contribution in [0.5, 0.6) is 5.75 Å². The fraction of sp³-hybridized carbons (Fsp3) is 0.667. The van der Waals surface area contributed by atoms with Gasteiger partial charge in [0.05, 0.1) is 12.4 Å². The molecule has 0 saturated carbocycles. The predicted molar refractivity (Wildman–Crippen MR) is 98.0 cm³/mol. The highest BCUT2D eigenvalue weighted by molar-refractivity contribution is 7.89. The molecule has 0 aliphatic carbocycles. The first-order valence-corrected chi connectivity index (χ1v) is 10.4. The van der Waals surface area contributed by atoms with E-state index in [1.165, 1.54) is 5.56 Å². The lowest BCUT2D eigenvalue weighted by molar-refractivity contribution is 0.131. The number of rotatable bonds is 7. The Morgan fingerprint density at radius 2 is 1.96 bits per heavy atom. The third kappa shape index (κ3) is 5.46. The third-order valence-corrected chi connectivity index (χ3v) is 6.10. The number of nitrogens with one attached hydrogen (secondary N) is 1. The number of sulfonamides is 1. The normalized spacial score (nSPS) is 22.7. The van der Waals surface area contributed by atoms with Crippen molar-refractivity contribution in [1.82, 2.24) is 9.62 Å². The van der Waals surface area contributed by atoms with Gasteiger partial charge in [0, 0.05) is 18.5 Å². The van der Waals surface area contributed by atoms with Gasteiger partial charge in [-0.2, -0.15) is 0 Å². The quantitative estimate of drug-likeness (QED) is 0.817. The minimum absolute atomic E-state index is 0.0939. The van der Waals surface area contributed by atoms with Gasteiger partial charge in [-0.25, -0.2) is 13.1 Å². The van der Waals surface area contributed by atoms with Crippen LogP contribution >= 0.6 is 0 Å². The molecule has 24 heavy (non-hydrogen) atoms. The van der Waals surface area contributed by atoms with Crippen LogP contribution in [-0.4, -0.2) is 51.9 Å². The minimum atomic E-state index is -3.21. The number of likely N-dealkylation sites (N-methyl/N-ethyl adjacent to an activating group) is 1. The maximum absolute atomic E-state index is 11.9. The van der Waals surface area contributed by atoms with Crippen LogP contribution < -0.4 is 9.46 Å². The minimum Gasteiger partial charge on any atom is -0.493 e. The molecule has 2 rings (SSSR count). The van der Waals surface area contributed by atoms with E-state index in [9.17, 15) is 8.42 Å². The molecular weight excluding hydrogens is 324 g/mol. The molecule has 0 amide bonds. The van der Waals surface area contributed by atoms with Crippen molar-refractivity contribution in [1.29, 1.82) is 0 Å². The van der Waals surface area contributed by atoms with Gasteiger partial charge in [0.25, 0.3) is 0 Å². The van der Waals surface area contributed by atoms with E-state index in [-0.39, 0.29) is 17.7 Å². The Bertz CT molecular complexity index is 614. The fourth-order valence-electron chi connectivity index (χ4n) is 2.96.